The summed E-state index contributed by atoms with van der Waals surface area (Å²) in [5.74, 6) is 1.54. The molecular formula is C21H28N2O3. The van der Waals surface area contributed by atoms with Gasteiger partial charge < -0.3 is 14.2 Å². The fourth-order valence-corrected chi connectivity index (χ4v) is 3.67. The van der Waals surface area contributed by atoms with Gasteiger partial charge in [-0.1, -0.05) is 50.0 Å². The van der Waals surface area contributed by atoms with Gasteiger partial charge in [-0.25, -0.2) is 0 Å². The zero-order chi connectivity index (χ0) is 18.5. The maximum absolute atomic E-state index is 13.2. The molecule has 0 radical (unpaired) electrons. The molecule has 2 aromatic rings. The van der Waals surface area contributed by atoms with Crippen LogP contribution < -0.4 is 4.74 Å². The summed E-state index contributed by atoms with van der Waals surface area (Å²) in [5, 5.41) is 4.08. The molecule has 26 heavy (non-hydrogen) atoms. The Hall–Kier alpha value is -2.30. The van der Waals surface area contributed by atoms with E-state index in [0.29, 0.717) is 18.2 Å². The van der Waals surface area contributed by atoms with Gasteiger partial charge in [0.25, 0.3) is 5.91 Å². The van der Waals surface area contributed by atoms with Crippen molar-refractivity contribution in [2.75, 3.05) is 7.11 Å². The summed E-state index contributed by atoms with van der Waals surface area (Å²) in [7, 11) is 1.66. The van der Waals surface area contributed by atoms with Gasteiger partial charge in [-0.3, -0.25) is 4.79 Å². The molecule has 0 bridgehead atoms. The maximum Gasteiger partial charge on any atom is 0.293 e. The van der Waals surface area contributed by atoms with Crippen molar-refractivity contribution in [2.45, 2.75) is 58.5 Å². The van der Waals surface area contributed by atoms with Crippen LogP contribution >= 0.6 is 0 Å². The van der Waals surface area contributed by atoms with E-state index in [2.05, 4.69) is 19.0 Å². The average molecular weight is 356 g/mol. The lowest BCUT2D eigenvalue weighted by Gasteiger charge is -2.28. The first kappa shape index (κ1) is 18.5. The largest absolute Gasteiger partial charge is 0.496 e. The highest BCUT2D eigenvalue weighted by atomic mass is 16.5. The van der Waals surface area contributed by atoms with E-state index < -0.39 is 0 Å². The van der Waals surface area contributed by atoms with Crippen LogP contribution in [0.4, 0.5) is 0 Å². The molecule has 5 nitrogen and oxygen atoms in total. The molecule has 0 aliphatic heterocycles. The standard InChI is InChI=1S/C21H28N2O3/c1-15(2)12-17-13-20(26-22-17)21(24)23(18-9-5-6-10-18)14-16-8-4-7-11-19(16)25-3/h4,7-8,11,13,15,18H,5-6,9-10,12,14H2,1-3H3. The van der Waals surface area contributed by atoms with Crippen LogP contribution in [-0.4, -0.2) is 29.1 Å². The Labute approximate surface area is 155 Å². The minimum Gasteiger partial charge on any atom is -0.496 e. The molecule has 1 aliphatic rings. The lowest BCUT2D eigenvalue weighted by molar-refractivity contribution is 0.0620. The van der Waals surface area contributed by atoms with Gasteiger partial charge in [-0.2, -0.15) is 0 Å². The summed E-state index contributed by atoms with van der Waals surface area (Å²) in [4.78, 5) is 15.1. The zero-order valence-electron chi connectivity index (χ0n) is 15.9. The van der Waals surface area contributed by atoms with Crippen LogP contribution in [0.2, 0.25) is 0 Å². The normalized spacial score (nSPS) is 14.8. The highest BCUT2D eigenvalue weighted by Gasteiger charge is 2.30. The summed E-state index contributed by atoms with van der Waals surface area (Å²) in [5.41, 5.74) is 1.85. The number of amides is 1. The molecule has 3 rings (SSSR count). The number of ether oxygens (including phenoxy) is 1. The molecule has 1 aromatic carbocycles. The second-order valence-corrected chi connectivity index (χ2v) is 7.46. The first-order chi connectivity index (χ1) is 12.6. The summed E-state index contributed by atoms with van der Waals surface area (Å²) < 4.78 is 10.9. The molecule has 0 spiro atoms. The number of carbonyl (C=O) groups is 1. The molecule has 0 N–H and O–H groups in total. The van der Waals surface area contributed by atoms with Crippen LogP contribution in [0.3, 0.4) is 0 Å². The van der Waals surface area contributed by atoms with E-state index in [1.54, 1.807) is 13.2 Å². The number of hydrogen-bond acceptors (Lipinski definition) is 4. The highest BCUT2D eigenvalue weighted by molar-refractivity contribution is 5.91. The quantitative estimate of drug-likeness (QED) is 0.734. The Morgan fingerprint density at radius 3 is 2.73 bits per heavy atom. The molecule has 1 saturated carbocycles. The van der Waals surface area contributed by atoms with E-state index in [4.69, 9.17) is 9.26 Å². The summed E-state index contributed by atoms with van der Waals surface area (Å²) >= 11 is 0. The third kappa shape index (κ3) is 4.26. The number of methoxy groups -OCH3 is 1. The van der Waals surface area contributed by atoms with Crippen molar-refractivity contribution in [2.24, 2.45) is 5.92 Å². The Kier molecular flexibility index (Phi) is 5.96. The van der Waals surface area contributed by atoms with Gasteiger partial charge >= 0.3 is 0 Å². The molecule has 1 amide bonds. The number of benzene rings is 1. The Morgan fingerprint density at radius 1 is 1.31 bits per heavy atom. The van der Waals surface area contributed by atoms with Crippen molar-refractivity contribution in [3.05, 3.63) is 47.3 Å². The topological polar surface area (TPSA) is 55.6 Å². The van der Waals surface area contributed by atoms with Crippen molar-refractivity contribution >= 4 is 5.91 Å². The Balaban J connectivity index is 1.83. The summed E-state index contributed by atoms with van der Waals surface area (Å²) in [6, 6.07) is 9.90. The molecule has 0 unspecified atom stereocenters. The van der Waals surface area contributed by atoms with Gasteiger partial charge in [-0.05, 0) is 31.2 Å². The smallest absolute Gasteiger partial charge is 0.293 e. The third-order valence-corrected chi connectivity index (χ3v) is 4.95. The van der Waals surface area contributed by atoms with Crippen LogP contribution in [0, 0.1) is 5.92 Å². The lowest BCUT2D eigenvalue weighted by atomic mass is 10.1. The maximum atomic E-state index is 13.2. The Bertz CT molecular complexity index is 732. The second kappa shape index (κ2) is 8.39. The fourth-order valence-electron chi connectivity index (χ4n) is 3.67. The van der Waals surface area contributed by atoms with Crippen LogP contribution in [-0.2, 0) is 13.0 Å². The molecule has 1 fully saturated rings. The molecular weight excluding hydrogens is 328 g/mol. The van der Waals surface area contributed by atoms with Crippen LogP contribution in [0.15, 0.2) is 34.9 Å². The second-order valence-electron chi connectivity index (χ2n) is 7.46. The summed E-state index contributed by atoms with van der Waals surface area (Å²) in [6.07, 6.45) is 5.21. The van der Waals surface area contributed by atoms with Gasteiger partial charge in [0.05, 0.1) is 19.3 Å². The van der Waals surface area contributed by atoms with Crippen molar-refractivity contribution in [3.8, 4) is 5.75 Å². The number of para-hydroxylation sites is 1. The minimum absolute atomic E-state index is 0.0784. The number of nitrogens with zero attached hydrogens (tertiary/aromatic N) is 2. The van der Waals surface area contributed by atoms with Crippen LogP contribution in [0.25, 0.3) is 0 Å². The molecule has 1 heterocycles. The monoisotopic (exact) mass is 356 g/mol. The van der Waals surface area contributed by atoms with Crippen molar-refractivity contribution in [3.63, 3.8) is 0 Å². The van der Waals surface area contributed by atoms with Gasteiger partial charge in [0.2, 0.25) is 5.76 Å². The van der Waals surface area contributed by atoms with Crippen molar-refractivity contribution in [1.29, 1.82) is 0 Å². The molecule has 5 heteroatoms. The first-order valence-corrected chi connectivity index (χ1v) is 9.47. The van der Waals surface area contributed by atoms with E-state index in [1.165, 1.54) is 0 Å². The molecule has 1 aromatic heterocycles. The lowest BCUT2D eigenvalue weighted by Crippen LogP contribution is -2.38. The average Bonchev–Trinajstić information content (AvgIpc) is 3.31. The van der Waals surface area contributed by atoms with Crippen molar-refractivity contribution in [1.82, 2.24) is 10.1 Å². The minimum atomic E-state index is -0.0784. The van der Waals surface area contributed by atoms with E-state index in [-0.39, 0.29) is 11.9 Å². The number of carbonyl (C=O) groups excluding carboxylic acids is 1. The van der Waals surface area contributed by atoms with Crippen LogP contribution in [0.5, 0.6) is 5.75 Å². The van der Waals surface area contributed by atoms with Gasteiger partial charge in [0, 0.05) is 17.7 Å². The number of hydrogen-bond donors (Lipinski definition) is 0. The molecule has 0 saturated heterocycles. The van der Waals surface area contributed by atoms with E-state index in [0.717, 1.165) is 49.1 Å². The molecule has 0 atom stereocenters. The molecule has 140 valence electrons. The predicted molar refractivity (Wildman–Crippen MR) is 100 cm³/mol. The van der Waals surface area contributed by atoms with E-state index in [1.807, 2.05) is 29.2 Å². The number of aromatic nitrogens is 1. The molecule has 1 aliphatic carbocycles. The Morgan fingerprint density at radius 2 is 2.04 bits per heavy atom. The van der Waals surface area contributed by atoms with E-state index in [9.17, 15) is 4.79 Å². The predicted octanol–water partition coefficient (Wildman–Crippen LogP) is 4.47. The van der Waals surface area contributed by atoms with E-state index >= 15 is 0 Å². The van der Waals surface area contributed by atoms with Crippen LogP contribution in [0.1, 0.15) is 61.3 Å². The van der Waals surface area contributed by atoms with Gasteiger partial charge in [-0.15, -0.1) is 0 Å². The highest BCUT2D eigenvalue weighted by Crippen LogP contribution is 2.29. The fraction of sp³-hybridized carbons (Fsp3) is 0.524. The SMILES string of the molecule is COc1ccccc1CN(C(=O)c1cc(CC(C)C)no1)C1CCCC1. The van der Waals surface area contributed by atoms with Gasteiger partial charge in [0.15, 0.2) is 0 Å². The van der Waals surface area contributed by atoms with Gasteiger partial charge in [0.1, 0.15) is 5.75 Å². The first-order valence-electron chi connectivity index (χ1n) is 9.47. The van der Waals surface area contributed by atoms with Crippen molar-refractivity contribution < 1.29 is 14.1 Å². The summed E-state index contributed by atoms with van der Waals surface area (Å²) in [6.45, 7) is 4.78. The third-order valence-electron chi connectivity index (χ3n) is 4.95. The zero-order valence-corrected chi connectivity index (χ0v) is 15.9. The number of rotatable bonds is 7.